The predicted molar refractivity (Wildman–Crippen MR) is 103 cm³/mol. The van der Waals surface area contributed by atoms with Crippen LogP contribution in [0.2, 0.25) is 0 Å². The third-order valence-electron chi connectivity index (χ3n) is 4.16. The minimum Gasteiger partial charge on any atom is -0.359 e. The Balaban J connectivity index is 1.79. The molecule has 27 heavy (non-hydrogen) atoms. The first-order chi connectivity index (χ1) is 13.0. The standard InChI is InChI=1S/C19H26FN5O2/c1-4-13(5-2)17-10-16(27-25-17)11-22-19(21-3)23-12-18(26)24-15-8-6-7-14(20)9-15/h6-10,13H,4-5,11-12H2,1-3H3,(H,24,26)(H2,21,22,23). The van der Waals surface area contributed by atoms with Crippen LogP contribution in [0.5, 0.6) is 0 Å². The first-order valence-corrected chi connectivity index (χ1v) is 9.01. The number of carbonyl (C=O) groups is 1. The van der Waals surface area contributed by atoms with E-state index in [1.54, 1.807) is 13.1 Å². The Morgan fingerprint density at radius 1 is 1.26 bits per heavy atom. The van der Waals surface area contributed by atoms with Gasteiger partial charge >= 0.3 is 0 Å². The van der Waals surface area contributed by atoms with Gasteiger partial charge in [-0.25, -0.2) is 4.39 Å². The maximum atomic E-state index is 13.1. The minimum absolute atomic E-state index is 0.00835. The lowest BCUT2D eigenvalue weighted by molar-refractivity contribution is -0.115. The molecule has 0 atom stereocenters. The molecule has 1 heterocycles. The van der Waals surface area contributed by atoms with Gasteiger partial charge < -0.3 is 20.5 Å². The van der Waals surface area contributed by atoms with Crippen molar-refractivity contribution >= 4 is 17.6 Å². The molecule has 0 unspecified atom stereocenters. The van der Waals surface area contributed by atoms with Crippen molar-refractivity contribution in [2.75, 3.05) is 18.9 Å². The summed E-state index contributed by atoms with van der Waals surface area (Å²) in [6.45, 7) is 4.65. The average Bonchev–Trinajstić information content (AvgIpc) is 3.11. The Morgan fingerprint density at radius 3 is 2.70 bits per heavy atom. The second kappa shape index (κ2) is 10.3. The van der Waals surface area contributed by atoms with E-state index in [1.165, 1.54) is 18.2 Å². The van der Waals surface area contributed by atoms with E-state index >= 15 is 0 Å². The Hall–Kier alpha value is -2.90. The lowest BCUT2D eigenvalue weighted by Crippen LogP contribution is -2.41. The van der Waals surface area contributed by atoms with Gasteiger partial charge in [-0.2, -0.15) is 0 Å². The van der Waals surface area contributed by atoms with Gasteiger partial charge in [0.15, 0.2) is 11.7 Å². The minimum atomic E-state index is -0.405. The second-order valence-corrected chi connectivity index (χ2v) is 6.07. The number of aliphatic imine (C=N–C) groups is 1. The van der Waals surface area contributed by atoms with E-state index in [4.69, 9.17) is 4.52 Å². The summed E-state index contributed by atoms with van der Waals surface area (Å²) in [6.07, 6.45) is 2.03. The van der Waals surface area contributed by atoms with Crippen LogP contribution in [0.1, 0.15) is 44.1 Å². The smallest absolute Gasteiger partial charge is 0.243 e. The van der Waals surface area contributed by atoms with Crippen molar-refractivity contribution in [3.63, 3.8) is 0 Å². The van der Waals surface area contributed by atoms with Crippen molar-refractivity contribution in [2.45, 2.75) is 39.2 Å². The van der Waals surface area contributed by atoms with Crippen LogP contribution in [0.4, 0.5) is 10.1 Å². The molecule has 0 saturated heterocycles. The summed E-state index contributed by atoms with van der Waals surface area (Å²) in [5, 5.41) is 12.7. The second-order valence-electron chi connectivity index (χ2n) is 6.07. The number of rotatable bonds is 8. The molecular weight excluding hydrogens is 349 g/mol. The topological polar surface area (TPSA) is 91.5 Å². The largest absolute Gasteiger partial charge is 0.359 e. The van der Waals surface area contributed by atoms with Crippen molar-refractivity contribution < 1.29 is 13.7 Å². The van der Waals surface area contributed by atoms with Crippen molar-refractivity contribution in [1.29, 1.82) is 0 Å². The fraction of sp³-hybridized carbons (Fsp3) is 0.421. The molecule has 8 heteroatoms. The monoisotopic (exact) mass is 375 g/mol. The summed E-state index contributed by atoms with van der Waals surface area (Å²) in [7, 11) is 1.61. The first kappa shape index (κ1) is 20.4. The number of nitrogens with zero attached hydrogens (tertiary/aromatic N) is 2. The highest BCUT2D eigenvalue weighted by Gasteiger charge is 2.13. The molecule has 0 aliphatic heterocycles. The van der Waals surface area contributed by atoms with E-state index in [1.807, 2.05) is 6.07 Å². The predicted octanol–water partition coefficient (Wildman–Crippen LogP) is 3.02. The van der Waals surface area contributed by atoms with Crippen LogP contribution >= 0.6 is 0 Å². The third-order valence-corrected chi connectivity index (χ3v) is 4.16. The van der Waals surface area contributed by atoms with Crippen LogP contribution in [0.25, 0.3) is 0 Å². The Bertz CT molecular complexity index is 771. The van der Waals surface area contributed by atoms with Gasteiger partial charge in [0.05, 0.1) is 18.8 Å². The zero-order valence-corrected chi connectivity index (χ0v) is 15.9. The molecule has 7 nitrogen and oxygen atoms in total. The Kier molecular flexibility index (Phi) is 7.79. The van der Waals surface area contributed by atoms with Crippen LogP contribution < -0.4 is 16.0 Å². The van der Waals surface area contributed by atoms with E-state index < -0.39 is 5.82 Å². The Labute approximate surface area is 158 Å². The highest BCUT2D eigenvalue weighted by molar-refractivity contribution is 5.94. The summed E-state index contributed by atoms with van der Waals surface area (Å²) in [5.41, 5.74) is 1.36. The molecular formula is C19H26FN5O2. The van der Waals surface area contributed by atoms with Crippen molar-refractivity contribution in [2.24, 2.45) is 4.99 Å². The molecule has 1 amide bonds. The number of anilines is 1. The quantitative estimate of drug-likeness (QED) is 0.487. The number of aromatic nitrogens is 1. The number of nitrogens with one attached hydrogen (secondary N) is 3. The maximum Gasteiger partial charge on any atom is 0.243 e. The van der Waals surface area contributed by atoms with Crippen LogP contribution in [0.3, 0.4) is 0 Å². The third kappa shape index (κ3) is 6.40. The van der Waals surface area contributed by atoms with Gasteiger partial charge in [0.25, 0.3) is 0 Å². The number of hydrogen-bond acceptors (Lipinski definition) is 4. The summed E-state index contributed by atoms with van der Waals surface area (Å²) in [4.78, 5) is 16.0. The SMILES string of the molecule is CCC(CC)c1cc(CNC(=NC)NCC(=O)Nc2cccc(F)c2)on1. The fourth-order valence-corrected chi connectivity index (χ4v) is 2.64. The summed E-state index contributed by atoms with van der Waals surface area (Å²) in [5.74, 6) is 0.831. The van der Waals surface area contributed by atoms with Gasteiger partial charge in [0.1, 0.15) is 5.82 Å². The maximum absolute atomic E-state index is 13.1. The van der Waals surface area contributed by atoms with Gasteiger partial charge in [-0.15, -0.1) is 0 Å². The molecule has 1 aromatic carbocycles. The zero-order valence-electron chi connectivity index (χ0n) is 15.9. The highest BCUT2D eigenvalue weighted by atomic mass is 19.1. The molecule has 146 valence electrons. The summed E-state index contributed by atoms with van der Waals surface area (Å²) < 4.78 is 18.5. The van der Waals surface area contributed by atoms with Crippen LogP contribution in [0.15, 0.2) is 39.8 Å². The fourth-order valence-electron chi connectivity index (χ4n) is 2.64. The lowest BCUT2D eigenvalue weighted by atomic mass is 9.99. The van der Waals surface area contributed by atoms with Crippen LogP contribution in [-0.4, -0.2) is 30.6 Å². The summed E-state index contributed by atoms with van der Waals surface area (Å²) >= 11 is 0. The number of benzene rings is 1. The van der Waals surface area contributed by atoms with Crippen molar-refractivity contribution in [3.8, 4) is 0 Å². The molecule has 0 aliphatic rings. The molecule has 2 aromatic rings. The van der Waals surface area contributed by atoms with Crippen LogP contribution in [0, 0.1) is 5.82 Å². The van der Waals surface area contributed by atoms with Gasteiger partial charge in [0, 0.05) is 24.7 Å². The molecule has 0 bridgehead atoms. The molecule has 1 aromatic heterocycles. The first-order valence-electron chi connectivity index (χ1n) is 9.01. The van der Waals surface area contributed by atoms with E-state index in [0.29, 0.717) is 29.9 Å². The summed E-state index contributed by atoms with van der Waals surface area (Å²) in [6, 6.07) is 7.67. The molecule has 0 saturated carbocycles. The number of halogens is 1. The van der Waals surface area contributed by atoms with Crippen molar-refractivity contribution in [1.82, 2.24) is 15.8 Å². The number of amides is 1. The van der Waals surface area contributed by atoms with Gasteiger partial charge in [-0.1, -0.05) is 25.1 Å². The molecule has 2 rings (SSSR count). The number of guanidine groups is 1. The Morgan fingerprint density at radius 2 is 2.04 bits per heavy atom. The normalized spacial score (nSPS) is 11.5. The van der Waals surface area contributed by atoms with Gasteiger partial charge in [-0.05, 0) is 31.0 Å². The highest BCUT2D eigenvalue weighted by Crippen LogP contribution is 2.22. The van der Waals surface area contributed by atoms with Crippen molar-refractivity contribution in [3.05, 3.63) is 47.6 Å². The van der Waals surface area contributed by atoms with E-state index in [9.17, 15) is 9.18 Å². The van der Waals surface area contributed by atoms with E-state index in [0.717, 1.165) is 18.5 Å². The van der Waals surface area contributed by atoms with Gasteiger partial charge in [0.2, 0.25) is 5.91 Å². The molecule has 0 radical (unpaired) electrons. The molecule has 0 fully saturated rings. The molecule has 3 N–H and O–H groups in total. The number of carbonyl (C=O) groups excluding carboxylic acids is 1. The van der Waals surface area contributed by atoms with Gasteiger partial charge in [-0.3, -0.25) is 9.79 Å². The molecule has 0 aliphatic carbocycles. The number of hydrogen-bond donors (Lipinski definition) is 3. The van der Waals surface area contributed by atoms with E-state index in [2.05, 4.69) is 39.9 Å². The van der Waals surface area contributed by atoms with Crippen LogP contribution in [-0.2, 0) is 11.3 Å². The van der Waals surface area contributed by atoms with E-state index in [-0.39, 0.29) is 12.5 Å². The average molecular weight is 375 g/mol. The zero-order chi connectivity index (χ0) is 19.6. The lowest BCUT2D eigenvalue weighted by Gasteiger charge is -2.11. The molecule has 0 spiro atoms.